The van der Waals surface area contributed by atoms with Crippen molar-refractivity contribution in [1.82, 2.24) is 4.98 Å². The molecule has 0 atom stereocenters. The zero-order valence-corrected chi connectivity index (χ0v) is 15.3. The maximum atomic E-state index is 10.0. The third-order valence-corrected chi connectivity index (χ3v) is 5.37. The van der Waals surface area contributed by atoms with Crippen LogP contribution in [-0.4, -0.2) is 4.98 Å². The molecule has 27 heavy (non-hydrogen) atoms. The van der Waals surface area contributed by atoms with E-state index in [1.54, 1.807) is 0 Å². The molecule has 0 saturated carbocycles. The highest BCUT2D eigenvalue weighted by atomic mass is 14.7. The van der Waals surface area contributed by atoms with Gasteiger partial charge in [0.2, 0.25) is 0 Å². The van der Waals surface area contributed by atoms with Crippen LogP contribution in [0.2, 0.25) is 0 Å². The smallest absolute Gasteiger partial charge is 0.101 e. The molecule has 2 nitrogen and oxygen atoms in total. The molecule has 0 radical (unpaired) electrons. The van der Waals surface area contributed by atoms with Gasteiger partial charge in [0.15, 0.2) is 0 Å². The van der Waals surface area contributed by atoms with E-state index in [0.717, 1.165) is 43.7 Å². The fraction of sp³-hybridized carbons (Fsp3) is 0.0800. The second-order valence-electron chi connectivity index (χ2n) is 7.20. The normalized spacial score (nSPS) is 11.3. The molecule has 0 aliphatic heterocycles. The number of aromatic amines is 1. The van der Waals surface area contributed by atoms with Gasteiger partial charge >= 0.3 is 0 Å². The molecule has 5 rings (SSSR count). The molecule has 0 bridgehead atoms. The van der Waals surface area contributed by atoms with E-state index >= 15 is 0 Å². The van der Waals surface area contributed by atoms with Gasteiger partial charge in [0, 0.05) is 27.2 Å². The molecule has 5 aromatic rings. The number of rotatable bonds is 1. The molecule has 0 amide bonds. The fourth-order valence-corrected chi connectivity index (χ4v) is 4.08. The van der Waals surface area contributed by atoms with Gasteiger partial charge < -0.3 is 4.98 Å². The van der Waals surface area contributed by atoms with Crippen LogP contribution < -0.4 is 0 Å². The Balaban J connectivity index is 2.09. The van der Waals surface area contributed by atoms with Crippen molar-refractivity contribution in [3.05, 3.63) is 83.4 Å². The Morgan fingerprint density at radius 2 is 1.52 bits per heavy atom. The van der Waals surface area contributed by atoms with E-state index in [1.807, 2.05) is 12.1 Å². The summed E-state index contributed by atoms with van der Waals surface area (Å²) in [6, 6.07) is 25.7. The quantitative estimate of drug-likeness (QED) is 0.363. The number of nitrogens with zero attached hydrogens (tertiary/aromatic N) is 1. The SMILES string of the molecule is Cc1ccc(-c2c3cc(C)ccc3c(C#N)c3c2[nH]c2ccccc23)cc1. The molecule has 4 aromatic carbocycles. The van der Waals surface area contributed by atoms with Crippen molar-refractivity contribution in [3.63, 3.8) is 0 Å². The lowest BCUT2D eigenvalue weighted by atomic mass is 9.90. The molecule has 0 spiro atoms. The summed E-state index contributed by atoms with van der Waals surface area (Å²) >= 11 is 0. The van der Waals surface area contributed by atoms with Crippen molar-refractivity contribution in [1.29, 1.82) is 5.26 Å². The van der Waals surface area contributed by atoms with Crippen LogP contribution in [0.3, 0.4) is 0 Å². The summed E-state index contributed by atoms with van der Waals surface area (Å²) in [7, 11) is 0. The first-order valence-corrected chi connectivity index (χ1v) is 9.11. The van der Waals surface area contributed by atoms with Gasteiger partial charge in [0.05, 0.1) is 11.1 Å². The largest absolute Gasteiger partial charge is 0.354 e. The van der Waals surface area contributed by atoms with Crippen LogP contribution in [-0.2, 0) is 0 Å². The van der Waals surface area contributed by atoms with Crippen molar-refractivity contribution in [2.75, 3.05) is 0 Å². The van der Waals surface area contributed by atoms with E-state index in [0.29, 0.717) is 0 Å². The first kappa shape index (κ1) is 15.7. The second kappa shape index (κ2) is 5.72. The van der Waals surface area contributed by atoms with E-state index in [2.05, 4.69) is 79.5 Å². The Labute approximate surface area is 157 Å². The summed E-state index contributed by atoms with van der Waals surface area (Å²) in [6.07, 6.45) is 0. The molecule has 0 saturated heterocycles. The van der Waals surface area contributed by atoms with Gasteiger partial charge in [-0.25, -0.2) is 0 Å². The monoisotopic (exact) mass is 346 g/mol. The molecule has 1 aromatic heterocycles. The first-order valence-electron chi connectivity index (χ1n) is 9.11. The number of nitrogens with one attached hydrogen (secondary N) is 1. The minimum Gasteiger partial charge on any atom is -0.354 e. The van der Waals surface area contributed by atoms with Crippen LogP contribution in [0.4, 0.5) is 0 Å². The van der Waals surface area contributed by atoms with Gasteiger partial charge in [-0.1, -0.05) is 71.8 Å². The van der Waals surface area contributed by atoms with E-state index in [4.69, 9.17) is 0 Å². The van der Waals surface area contributed by atoms with Crippen LogP contribution in [0.5, 0.6) is 0 Å². The molecule has 0 aliphatic rings. The molecular formula is C25H18N2. The first-order chi connectivity index (χ1) is 13.2. The van der Waals surface area contributed by atoms with E-state index < -0.39 is 0 Å². The Morgan fingerprint density at radius 3 is 2.30 bits per heavy atom. The summed E-state index contributed by atoms with van der Waals surface area (Å²) in [5.74, 6) is 0. The van der Waals surface area contributed by atoms with Crippen molar-refractivity contribution in [3.8, 4) is 17.2 Å². The van der Waals surface area contributed by atoms with Crippen LogP contribution >= 0.6 is 0 Å². The molecule has 1 N–H and O–H groups in total. The standard InChI is InChI=1S/C25H18N2/c1-15-7-10-17(11-8-15)23-20-13-16(2)9-12-18(20)21(14-26)24-19-5-3-4-6-22(19)27-25(23)24/h3-13,27H,1-2H3. The zero-order valence-electron chi connectivity index (χ0n) is 15.3. The lowest BCUT2D eigenvalue weighted by molar-refractivity contribution is 1.46. The van der Waals surface area contributed by atoms with Crippen LogP contribution in [0, 0.1) is 25.2 Å². The summed E-state index contributed by atoms with van der Waals surface area (Å²) < 4.78 is 0. The number of fused-ring (bicyclic) bond motifs is 4. The molecule has 0 unspecified atom stereocenters. The Hall–Kier alpha value is -3.57. The number of hydrogen-bond acceptors (Lipinski definition) is 1. The number of aromatic nitrogens is 1. The van der Waals surface area contributed by atoms with Gasteiger partial charge in [0.25, 0.3) is 0 Å². The van der Waals surface area contributed by atoms with Crippen molar-refractivity contribution >= 4 is 32.6 Å². The Morgan fingerprint density at radius 1 is 0.778 bits per heavy atom. The number of nitriles is 1. The Bertz CT molecular complexity index is 1380. The molecule has 2 heteroatoms. The minimum absolute atomic E-state index is 0.744. The summed E-state index contributed by atoms with van der Waals surface area (Å²) in [4.78, 5) is 3.59. The van der Waals surface area contributed by atoms with Crippen molar-refractivity contribution < 1.29 is 0 Å². The minimum atomic E-state index is 0.744. The van der Waals surface area contributed by atoms with Crippen molar-refractivity contribution in [2.24, 2.45) is 0 Å². The van der Waals surface area contributed by atoms with E-state index in [-0.39, 0.29) is 0 Å². The number of H-pyrrole nitrogens is 1. The number of aryl methyl sites for hydroxylation is 2. The maximum absolute atomic E-state index is 10.0. The van der Waals surface area contributed by atoms with E-state index in [9.17, 15) is 5.26 Å². The average molecular weight is 346 g/mol. The van der Waals surface area contributed by atoms with Gasteiger partial charge in [-0.05, 0) is 30.9 Å². The second-order valence-corrected chi connectivity index (χ2v) is 7.20. The maximum Gasteiger partial charge on any atom is 0.101 e. The average Bonchev–Trinajstić information content (AvgIpc) is 3.06. The van der Waals surface area contributed by atoms with Crippen molar-refractivity contribution in [2.45, 2.75) is 13.8 Å². The van der Waals surface area contributed by atoms with Gasteiger partial charge in [-0.15, -0.1) is 0 Å². The van der Waals surface area contributed by atoms with Crippen LogP contribution in [0.1, 0.15) is 16.7 Å². The topological polar surface area (TPSA) is 39.6 Å². The highest BCUT2D eigenvalue weighted by molar-refractivity contribution is 6.23. The van der Waals surface area contributed by atoms with Crippen LogP contribution in [0.15, 0.2) is 66.7 Å². The molecule has 0 aliphatic carbocycles. The molecule has 128 valence electrons. The van der Waals surface area contributed by atoms with Gasteiger partial charge in [-0.2, -0.15) is 5.26 Å². The molecule has 1 heterocycles. The number of hydrogen-bond donors (Lipinski definition) is 1. The van der Waals surface area contributed by atoms with Gasteiger partial charge in [-0.3, -0.25) is 0 Å². The lowest BCUT2D eigenvalue weighted by Crippen LogP contribution is -1.90. The number of benzene rings is 4. The number of para-hydroxylation sites is 1. The highest BCUT2D eigenvalue weighted by Gasteiger charge is 2.19. The fourth-order valence-electron chi connectivity index (χ4n) is 4.08. The summed E-state index contributed by atoms with van der Waals surface area (Å²) in [5.41, 5.74) is 7.60. The predicted octanol–water partition coefficient (Wildman–Crippen LogP) is 6.63. The van der Waals surface area contributed by atoms with Crippen LogP contribution in [0.25, 0.3) is 43.7 Å². The zero-order chi connectivity index (χ0) is 18.5. The third kappa shape index (κ3) is 2.26. The Kier molecular flexibility index (Phi) is 3.32. The molecular weight excluding hydrogens is 328 g/mol. The summed E-state index contributed by atoms with van der Waals surface area (Å²) in [5, 5.41) is 14.3. The lowest BCUT2D eigenvalue weighted by Gasteiger charge is -2.13. The third-order valence-electron chi connectivity index (χ3n) is 5.37. The highest BCUT2D eigenvalue weighted by Crippen LogP contribution is 2.42. The van der Waals surface area contributed by atoms with Gasteiger partial charge in [0.1, 0.15) is 6.07 Å². The molecule has 0 fully saturated rings. The predicted molar refractivity (Wildman–Crippen MR) is 113 cm³/mol. The summed E-state index contributed by atoms with van der Waals surface area (Å²) in [6.45, 7) is 4.20. The van der Waals surface area contributed by atoms with E-state index in [1.165, 1.54) is 16.7 Å².